The normalized spacial score (nSPS) is 21.7. The smallest absolute Gasteiger partial charge is 0.343 e. The first-order valence-corrected chi connectivity index (χ1v) is 12.0. The molecule has 2 atom stereocenters. The van der Waals surface area contributed by atoms with Gasteiger partial charge in [-0.15, -0.1) is 0 Å². The molecule has 186 valence electrons. The molecule has 0 unspecified atom stereocenters. The fourth-order valence-corrected chi connectivity index (χ4v) is 5.98. The molecule has 3 aliphatic rings. The van der Waals surface area contributed by atoms with Crippen molar-refractivity contribution in [1.82, 2.24) is 14.9 Å². The van der Waals surface area contributed by atoms with Crippen LogP contribution >= 0.6 is 0 Å². The maximum absolute atomic E-state index is 14.9. The number of esters is 1. The molecule has 2 aromatic heterocycles. The van der Waals surface area contributed by atoms with Gasteiger partial charge in [0.25, 0.3) is 5.56 Å². The number of cyclic esters (lactones) is 1. The second-order valence-corrected chi connectivity index (χ2v) is 9.75. The molecule has 1 aliphatic carbocycles. The minimum atomic E-state index is -1.93. The molecule has 2 aliphatic heterocycles. The summed E-state index contributed by atoms with van der Waals surface area (Å²) in [5.41, 5.74) is 8.06. The molecule has 6 rings (SSSR count). The highest BCUT2D eigenvalue weighted by molar-refractivity contribution is 5.93. The molecule has 3 aromatic rings. The van der Waals surface area contributed by atoms with E-state index >= 15 is 0 Å². The molecule has 10 heteroatoms. The number of benzene rings is 1. The summed E-state index contributed by atoms with van der Waals surface area (Å²) in [6.07, 6.45) is 1.27. The van der Waals surface area contributed by atoms with Crippen molar-refractivity contribution >= 4 is 22.8 Å². The van der Waals surface area contributed by atoms with Gasteiger partial charge < -0.3 is 25.5 Å². The Bertz CT molecular complexity index is 1580. The van der Waals surface area contributed by atoms with Crippen molar-refractivity contribution < 1.29 is 23.8 Å². The van der Waals surface area contributed by atoms with Gasteiger partial charge in [-0.1, -0.05) is 6.92 Å². The number of nitrogens with one attached hydrogen (secondary N) is 1. The molecular weight excluding hydrogens is 467 g/mol. The number of nitrogens with zero attached hydrogens (tertiary/aromatic N) is 2. The average Bonchev–Trinajstić information content (AvgIpc) is 3.22. The van der Waals surface area contributed by atoms with Crippen molar-refractivity contribution in [3.05, 3.63) is 61.7 Å². The molecule has 0 radical (unpaired) electrons. The van der Waals surface area contributed by atoms with Gasteiger partial charge in [-0.3, -0.25) is 9.59 Å². The van der Waals surface area contributed by atoms with Crippen LogP contribution in [0.15, 0.2) is 16.9 Å². The number of hydrogen-bond acceptors (Lipinski definition) is 7. The van der Waals surface area contributed by atoms with Crippen LogP contribution in [0.3, 0.4) is 0 Å². The topological polar surface area (TPSA) is 137 Å². The predicted molar refractivity (Wildman–Crippen MR) is 127 cm³/mol. The maximum atomic E-state index is 14.9. The van der Waals surface area contributed by atoms with Crippen molar-refractivity contribution in [3.63, 3.8) is 0 Å². The van der Waals surface area contributed by atoms with Crippen LogP contribution in [-0.2, 0) is 39.5 Å². The summed E-state index contributed by atoms with van der Waals surface area (Å²) >= 11 is 0. The number of aliphatic hydroxyl groups is 1. The summed E-state index contributed by atoms with van der Waals surface area (Å²) in [5, 5.41) is 15.2. The van der Waals surface area contributed by atoms with E-state index in [1.54, 1.807) is 24.5 Å². The number of hydrogen-bond donors (Lipinski definition) is 3. The lowest BCUT2D eigenvalue weighted by Crippen LogP contribution is -2.44. The predicted octanol–water partition coefficient (Wildman–Crippen LogP) is 1.59. The first-order valence-electron chi connectivity index (χ1n) is 12.0. The van der Waals surface area contributed by atoms with E-state index in [2.05, 4.69) is 5.32 Å². The zero-order valence-electron chi connectivity index (χ0n) is 19.9. The fourth-order valence-electron chi connectivity index (χ4n) is 5.98. The first-order chi connectivity index (χ1) is 17.2. The van der Waals surface area contributed by atoms with Crippen LogP contribution in [0.2, 0.25) is 0 Å². The number of carbonyl (C=O) groups excluding carboxylic acids is 2. The lowest BCUT2D eigenvalue weighted by molar-refractivity contribution is -0.172. The van der Waals surface area contributed by atoms with E-state index in [9.17, 15) is 23.9 Å². The number of primary amides is 1. The number of aryl methyl sites for hydroxylation is 1. The third kappa shape index (κ3) is 2.94. The third-order valence-electron chi connectivity index (χ3n) is 7.90. The molecule has 9 nitrogen and oxygen atoms in total. The Labute approximate surface area is 205 Å². The Balaban J connectivity index is 1.65. The zero-order valence-corrected chi connectivity index (χ0v) is 19.9. The van der Waals surface area contributed by atoms with Crippen molar-refractivity contribution in [3.8, 4) is 11.4 Å². The molecule has 36 heavy (non-hydrogen) atoms. The summed E-state index contributed by atoms with van der Waals surface area (Å²) in [7, 11) is 0. The Morgan fingerprint density at radius 1 is 1.33 bits per heavy atom. The number of fused-ring (bicyclic) bond motifs is 5. The largest absolute Gasteiger partial charge is 0.458 e. The van der Waals surface area contributed by atoms with Crippen LogP contribution in [0.1, 0.15) is 59.2 Å². The monoisotopic (exact) mass is 492 g/mol. The molecular formula is C26H25FN4O5. The van der Waals surface area contributed by atoms with Crippen molar-refractivity contribution in [1.29, 1.82) is 0 Å². The molecule has 0 bridgehead atoms. The fraction of sp³-hybridized carbons (Fsp3) is 0.385. The van der Waals surface area contributed by atoms with Crippen molar-refractivity contribution in [2.24, 2.45) is 5.73 Å². The Hall–Kier alpha value is -3.63. The second kappa shape index (κ2) is 7.68. The number of aromatic nitrogens is 2. The van der Waals surface area contributed by atoms with Gasteiger partial charge in [-0.25, -0.2) is 14.2 Å². The van der Waals surface area contributed by atoms with E-state index in [1.165, 1.54) is 6.07 Å². The Kier molecular flexibility index (Phi) is 4.87. The van der Waals surface area contributed by atoms with E-state index in [0.717, 1.165) is 22.1 Å². The molecule has 0 fully saturated rings. The number of nitrogens with two attached hydrogens (primary N) is 1. The second-order valence-electron chi connectivity index (χ2n) is 9.75. The van der Waals surface area contributed by atoms with Crippen LogP contribution in [0.5, 0.6) is 0 Å². The molecule has 4 N–H and O–H groups in total. The van der Waals surface area contributed by atoms with Gasteiger partial charge in [-0.05, 0) is 48.9 Å². The number of pyridine rings is 2. The van der Waals surface area contributed by atoms with Gasteiger partial charge in [0.15, 0.2) is 5.60 Å². The molecule has 0 spiro atoms. The van der Waals surface area contributed by atoms with E-state index < -0.39 is 17.5 Å². The summed E-state index contributed by atoms with van der Waals surface area (Å²) in [6, 6.07) is 2.79. The van der Waals surface area contributed by atoms with Crippen LogP contribution in [0.4, 0.5) is 4.39 Å². The summed E-state index contributed by atoms with van der Waals surface area (Å²) in [6.45, 7) is 3.37. The lowest BCUT2D eigenvalue weighted by Gasteiger charge is -2.31. The minimum Gasteiger partial charge on any atom is -0.458 e. The van der Waals surface area contributed by atoms with Crippen molar-refractivity contribution in [2.45, 2.75) is 57.9 Å². The standard InChI is InChI=1S/C26H25FN4O5/c1-3-26(35)15-6-19-23-13(9-31(19)24(33)14(15)10-36-25(26)34)22-17(29-8-20(28)32)5-4-12-11(2)16(27)7-18(30-23)21(12)22/h6-7,17,29,35H,3-5,8-10H2,1-2H3,(H2,28,32)/t17-,26-/m0/s1. The quantitative estimate of drug-likeness (QED) is 0.368. The lowest BCUT2D eigenvalue weighted by atomic mass is 9.81. The highest BCUT2D eigenvalue weighted by Gasteiger charge is 2.45. The molecule has 1 aromatic carbocycles. The van der Waals surface area contributed by atoms with E-state index in [4.69, 9.17) is 15.5 Å². The number of amides is 1. The van der Waals surface area contributed by atoms with E-state index in [0.29, 0.717) is 35.3 Å². The van der Waals surface area contributed by atoms with Crippen LogP contribution in [0, 0.1) is 12.7 Å². The van der Waals surface area contributed by atoms with E-state index in [-0.39, 0.29) is 54.7 Å². The van der Waals surface area contributed by atoms with Gasteiger partial charge in [0, 0.05) is 28.6 Å². The number of rotatable bonds is 4. The van der Waals surface area contributed by atoms with Crippen LogP contribution < -0.4 is 16.6 Å². The third-order valence-corrected chi connectivity index (χ3v) is 7.90. The highest BCUT2D eigenvalue weighted by atomic mass is 19.1. The van der Waals surface area contributed by atoms with Gasteiger partial charge in [0.2, 0.25) is 5.91 Å². The van der Waals surface area contributed by atoms with Crippen LogP contribution in [0.25, 0.3) is 22.3 Å². The van der Waals surface area contributed by atoms with Gasteiger partial charge in [-0.2, -0.15) is 0 Å². The number of ether oxygens (including phenoxy) is 1. The number of halogens is 1. The zero-order chi connectivity index (χ0) is 25.5. The molecule has 1 amide bonds. The summed E-state index contributed by atoms with van der Waals surface area (Å²) < 4.78 is 21.6. The summed E-state index contributed by atoms with van der Waals surface area (Å²) in [4.78, 5) is 42.3. The van der Waals surface area contributed by atoms with Crippen molar-refractivity contribution in [2.75, 3.05) is 6.54 Å². The highest BCUT2D eigenvalue weighted by Crippen LogP contribution is 2.45. The average molecular weight is 493 g/mol. The van der Waals surface area contributed by atoms with Gasteiger partial charge in [0.05, 0.1) is 35.6 Å². The maximum Gasteiger partial charge on any atom is 0.343 e. The first kappa shape index (κ1) is 22.8. The SMILES string of the molecule is CC[C@@]1(O)C(=O)OCc2c1cc1n(c2=O)Cc2c-1nc1cc(F)c(C)c3c1c2[C@@H](NCC(N)=O)CC3. The molecule has 0 saturated carbocycles. The molecule has 4 heterocycles. The minimum absolute atomic E-state index is 0.0249. The van der Waals surface area contributed by atoms with Gasteiger partial charge >= 0.3 is 5.97 Å². The Morgan fingerprint density at radius 2 is 2.11 bits per heavy atom. The molecule has 0 saturated heterocycles. The van der Waals surface area contributed by atoms with Crippen LogP contribution in [-0.4, -0.2) is 33.1 Å². The van der Waals surface area contributed by atoms with Gasteiger partial charge in [0.1, 0.15) is 12.4 Å². The number of carbonyl (C=O) groups is 2. The Morgan fingerprint density at radius 3 is 2.83 bits per heavy atom. The summed E-state index contributed by atoms with van der Waals surface area (Å²) in [5.74, 6) is -1.64. The van der Waals surface area contributed by atoms with E-state index in [1.807, 2.05) is 0 Å².